The minimum Gasteiger partial charge on any atom is -0.509 e. The van der Waals surface area contributed by atoms with Crippen molar-refractivity contribution in [1.82, 2.24) is 15.0 Å². The van der Waals surface area contributed by atoms with Crippen LogP contribution in [0.5, 0.6) is 0 Å². The molecule has 2 aliphatic rings. The second-order valence-electron chi connectivity index (χ2n) is 8.54. The molecule has 1 aliphatic heterocycles. The summed E-state index contributed by atoms with van der Waals surface area (Å²) in [4.78, 5) is 29.9. The van der Waals surface area contributed by atoms with Crippen LogP contribution in [0.25, 0.3) is 0 Å². The molecule has 0 atom stereocenters. The molecule has 13 heteroatoms. The van der Waals surface area contributed by atoms with Gasteiger partial charge in [0.25, 0.3) is 11.8 Å². The van der Waals surface area contributed by atoms with E-state index in [4.69, 9.17) is 0 Å². The van der Waals surface area contributed by atoms with Crippen LogP contribution >= 0.6 is 15.9 Å². The number of carbonyl (C=O) groups is 2. The third-order valence-corrected chi connectivity index (χ3v) is 7.11. The van der Waals surface area contributed by atoms with Crippen molar-refractivity contribution in [3.05, 3.63) is 69.0 Å². The number of anilines is 1. The topological polar surface area (TPSA) is 85.8 Å². The number of hydrazine groups is 1. The molecule has 1 spiro atoms. The van der Waals surface area contributed by atoms with Crippen LogP contribution in [0.2, 0.25) is 0 Å². The first-order chi connectivity index (χ1) is 16.9. The van der Waals surface area contributed by atoms with E-state index in [1.165, 1.54) is 24.2 Å². The predicted molar refractivity (Wildman–Crippen MR) is 121 cm³/mol. The lowest BCUT2D eigenvalue weighted by Crippen LogP contribution is -2.62. The Labute approximate surface area is 210 Å². The van der Waals surface area contributed by atoms with E-state index < -0.39 is 64.6 Å². The summed E-state index contributed by atoms with van der Waals surface area (Å²) in [5, 5.41) is 15.7. The number of amides is 2. The Bertz CT molecular complexity index is 1260. The van der Waals surface area contributed by atoms with E-state index in [1.54, 1.807) is 0 Å². The lowest BCUT2D eigenvalue weighted by molar-refractivity contribution is -0.163. The third-order valence-electron chi connectivity index (χ3n) is 6.47. The van der Waals surface area contributed by atoms with Gasteiger partial charge in [-0.25, -0.2) is 18.8 Å². The van der Waals surface area contributed by atoms with Crippen molar-refractivity contribution in [2.24, 2.45) is 0 Å². The number of carbonyl (C=O) groups excluding carboxylic acids is 2. The Morgan fingerprint density at radius 1 is 1.19 bits per heavy atom. The highest BCUT2D eigenvalue weighted by Gasteiger charge is 2.53. The van der Waals surface area contributed by atoms with Gasteiger partial charge in [-0.15, -0.1) is 0 Å². The van der Waals surface area contributed by atoms with Gasteiger partial charge in [-0.3, -0.25) is 14.6 Å². The molecule has 1 saturated carbocycles. The van der Waals surface area contributed by atoms with Gasteiger partial charge in [0, 0.05) is 17.1 Å². The van der Waals surface area contributed by atoms with E-state index in [1.807, 2.05) is 0 Å². The van der Waals surface area contributed by atoms with E-state index in [-0.39, 0.29) is 10.0 Å². The maximum Gasteiger partial charge on any atom is 0.434 e. The number of hydrogen-bond acceptors (Lipinski definition) is 5. The number of alkyl halides is 3. The molecule has 0 bridgehead atoms. The van der Waals surface area contributed by atoms with Crippen molar-refractivity contribution in [1.29, 1.82) is 0 Å². The Hall–Kier alpha value is -3.06. The maximum atomic E-state index is 14.4. The molecule has 1 aliphatic carbocycles. The first-order valence-corrected chi connectivity index (χ1v) is 11.6. The lowest BCUT2D eigenvalue weighted by Gasteiger charge is -2.48. The van der Waals surface area contributed by atoms with Gasteiger partial charge in [-0.05, 0) is 47.0 Å². The number of likely N-dealkylation sites (N-methyl/N-ethyl adjacent to an activating group) is 1. The van der Waals surface area contributed by atoms with Crippen molar-refractivity contribution in [2.45, 2.75) is 43.9 Å². The summed E-state index contributed by atoms with van der Waals surface area (Å²) < 4.78 is 67.5. The van der Waals surface area contributed by atoms with Gasteiger partial charge in [0.05, 0.1) is 12.1 Å². The Morgan fingerprint density at radius 3 is 2.50 bits per heavy atom. The number of benzene rings is 1. The molecular formula is C23H20BrF5N4O3. The number of hydrogen-bond donors (Lipinski definition) is 2. The smallest absolute Gasteiger partial charge is 0.434 e. The largest absolute Gasteiger partial charge is 0.509 e. The third kappa shape index (κ3) is 4.45. The molecule has 2 amide bonds. The van der Waals surface area contributed by atoms with Gasteiger partial charge in [0.1, 0.15) is 17.2 Å². The van der Waals surface area contributed by atoms with Crippen LogP contribution < -0.4 is 5.32 Å². The minimum absolute atomic E-state index is 0.158. The molecule has 36 heavy (non-hydrogen) atoms. The van der Waals surface area contributed by atoms with Crippen molar-refractivity contribution < 1.29 is 36.6 Å². The predicted octanol–water partition coefficient (Wildman–Crippen LogP) is 5.09. The number of rotatable bonds is 4. The van der Waals surface area contributed by atoms with E-state index in [0.29, 0.717) is 25.7 Å². The van der Waals surface area contributed by atoms with Crippen LogP contribution in [-0.2, 0) is 22.3 Å². The highest BCUT2D eigenvalue weighted by Crippen LogP contribution is 2.45. The molecule has 1 fully saturated rings. The van der Waals surface area contributed by atoms with Gasteiger partial charge < -0.3 is 10.4 Å². The fraction of sp³-hybridized carbons (Fsp3) is 0.348. The Kier molecular flexibility index (Phi) is 6.82. The molecule has 0 radical (unpaired) electrons. The van der Waals surface area contributed by atoms with Crippen LogP contribution in [0.3, 0.4) is 0 Å². The van der Waals surface area contributed by atoms with Crippen LogP contribution in [0, 0.1) is 11.6 Å². The van der Waals surface area contributed by atoms with Crippen LogP contribution in [0.15, 0.2) is 46.1 Å². The fourth-order valence-electron chi connectivity index (χ4n) is 4.61. The average molecular weight is 575 g/mol. The zero-order chi connectivity index (χ0) is 26.4. The van der Waals surface area contributed by atoms with Crippen molar-refractivity contribution in [2.75, 3.05) is 12.4 Å². The number of halogens is 6. The van der Waals surface area contributed by atoms with Crippen LogP contribution in [0.1, 0.15) is 36.9 Å². The summed E-state index contributed by atoms with van der Waals surface area (Å²) in [6.45, 7) is -0.445. The fourth-order valence-corrected chi connectivity index (χ4v) is 5.05. The molecule has 7 nitrogen and oxygen atoms in total. The quantitative estimate of drug-likeness (QED) is 0.392. The van der Waals surface area contributed by atoms with E-state index in [2.05, 4.69) is 26.2 Å². The SMILES string of the molecule is CN1N(Cc2cccc(F)c2F)C(=O)C(C(=O)Nc2ccc(Br)c(C(F)(F)F)n2)=C(O)C12CCCC2. The summed E-state index contributed by atoms with van der Waals surface area (Å²) in [5.41, 5.74) is -3.32. The lowest BCUT2D eigenvalue weighted by atomic mass is 9.88. The number of pyridine rings is 1. The van der Waals surface area contributed by atoms with E-state index >= 15 is 0 Å². The number of nitrogens with zero attached hydrogens (tertiary/aromatic N) is 3. The summed E-state index contributed by atoms with van der Waals surface area (Å²) in [6, 6.07) is 5.60. The molecule has 2 heterocycles. The number of aliphatic hydroxyl groups is 1. The Balaban J connectivity index is 1.73. The van der Waals surface area contributed by atoms with Gasteiger partial charge in [-0.2, -0.15) is 13.2 Å². The average Bonchev–Trinajstić information content (AvgIpc) is 3.30. The highest BCUT2D eigenvalue weighted by atomic mass is 79.9. The second kappa shape index (κ2) is 9.43. The molecule has 4 rings (SSSR count). The monoisotopic (exact) mass is 574 g/mol. The first kappa shape index (κ1) is 26.0. The molecule has 1 aromatic carbocycles. The first-order valence-electron chi connectivity index (χ1n) is 10.8. The van der Waals surface area contributed by atoms with Crippen molar-refractivity contribution in [3.8, 4) is 0 Å². The van der Waals surface area contributed by atoms with Crippen molar-refractivity contribution in [3.63, 3.8) is 0 Å². The maximum absolute atomic E-state index is 14.4. The molecule has 1 aromatic heterocycles. The molecule has 0 unspecified atom stereocenters. The zero-order valence-corrected chi connectivity index (χ0v) is 20.4. The Morgan fingerprint density at radius 2 is 1.86 bits per heavy atom. The van der Waals surface area contributed by atoms with Crippen molar-refractivity contribution >= 4 is 33.6 Å². The minimum atomic E-state index is -4.82. The highest BCUT2D eigenvalue weighted by molar-refractivity contribution is 9.10. The second-order valence-corrected chi connectivity index (χ2v) is 9.39. The van der Waals surface area contributed by atoms with Gasteiger partial charge >= 0.3 is 6.18 Å². The molecule has 0 saturated heterocycles. The summed E-state index contributed by atoms with van der Waals surface area (Å²) in [5.74, 6) is -5.51. The molecule has 2 N–H and O–H groups in total. The van der Waals surface area contributed by atoms with Gasteiger partial charge in [-0.1, -0.05) is 25.0 Å². The molecular weight excluding hydrogens is 555 g/mol. The standard InChI is InChI=1S/C23H20BrF5N4O3/c1-32-22(9-2-3-10-22)19(34)16(21(36)33(32)11-12-5-4-6-14(25)17(12)26)20(35)31-15-8-7-13(24)18(30-15)23(27,28)29/h4-8,34H,2-3,9-11H2,1H3,(H,30,31,35). The van der Waals surface area contributed by atoms with Crippen LogP contribution in [0.4, 0.5) is 27.8 Å². The summed E-state index contributed by atoms with van der Waals surface area (Å²) in [7, 11) is 1.50. The normalized spacial score (nSPS) is 18.3. The zero-order valence-electron chi connectivity index (χ0n) is 18.8. The number of aliphatic hydroxyl groups excluding tert-OH is 1. The van der Waals surface area contributed by atoms with E-state index in [0.717, 1.165) is 23.2 Å². The summed E-state index contributed by atoms with van der Waals surface area (Å²) in [6.07, 6.45) is -2.79. The molecule has 2 aromatic rings. The van der Waals surface area contributed by atoms with E-state index in [9.17, 15) is 36.6 Å². The number of aromatic nitrogens is 1. The summed E-state index contributed by atoms with van der Waals surface area (Å²) >= 11 is 2.76. The van der Waals surface area contributed by atoms with Crippen LogP contribution in [-0.4, -0.2) is 44.5 Å². The number of nitrogens with one attached hydrogen (secondary N) is 1. The van der Waals surface area contributed by atoms with Gasteiger partial charge in [0.2, 0.25) is 0 Å². The van der Waals surface area contributed by atoms with Gasteiger partial charge in [0.15, 0.2) is 17.3 Å². The molecule has 192 valence electrons.